The van der Waals surface area contributed by atoms with Crippen molar-refractivity contribution >= 4 is 34.2 Å². The van der Waals surface area contributed by atoms with Crippen LogP contribution in [-0.4, -0.2) is 38.8 Å². The fraction of sp³-hybridized carbons (Fsp3) is 0.545. The Morgan fingerprint density at radius 3 is 2.19 bits per heavy atom. The standard InChI is InChI=1S/C22H29F3N2O4S/c1-13(12-16(22(23,24)25)26-32(30)21(5,6)7)17-14-10-8-9-11-15(14)27(18(17)28)19(29)31-20(2,3)4/h8-11,16,26H,12H2,1-7H3/b17-13-/t16-,32-/m0/s1. The molecule has 1 aromatic carbocycles. The molecule has 0 spiro atoms. The van der Waals surface area contributed by atoms with E-state index in [1.165, 1.54) is 13.0 Å². The molecule has 1 aliphatic heterocycles. The summed E-state index contributed by atoms with van der Waals surface area (Å²) in [7, 11) is -1.97. The minimum atomic E-state index is -4.70. The molecule has 1 aliphatic rings. The number of rotatable bonds is 4. The van der Waals surface area contributed by atoms with Gasteiger partial charge in [0.25, 0.3) is 5.91 Å². The Kier molecular flexibility index (Phi) is 7.31. The molecule has 2 rings (SSSR count). The first-order valence-corrected chi connectivity index (χ1v) is 11.2. The number of amides is 2. The van der Waals surface area contributed by atoms with Crippen molar-refractivity contribution in [3.8, 4) is 0 Å². The number of anilines is 1. The summed E-state index contributed by atoms with van der Waals surface area (Å²) >= 11 is 0. The second-order valence-electron chi connectivity index (χ2n) is 9.59. The van der Waals surface area contributed by atoms with E-state index in [-0.39, 0.29) is 16.8 Å². The van der Waals surface area contributed by atoms with Gasteiger partial charge in [-0.2, -0.15) is 13.2 Å². The fourth-order valence-electron chi connectivity index (χ4n) is 3.06. The third kappa shape index (κ3) is 5.98. The van der Waals surface area contributed by atoms with Crippen LogP contribution in [0.2, 0.25) is 0 Å². The number of carbonyl (C=O) groups is 2. The minimum Gasteiger partial charge on any atom is -0.443 e. The highest BCUT2D eigenvalue weighted by atomic mass is 32.2. The summed E-state index contributed by atoms with van der Waals surface area (Å²) < 4.78 is 60.0. The molecule has 0 radical (unpaired) electrons. The van der Waals surface area contributed by atoms with Gasteiger partial charge in [0.15, 0.2) is 0 Å². The summed E-state index contributed by atoms with van der Waals surface area (Å²) in [5, 5.41) is 0. The highest BCUT2D eigenvalue weighted by molar-refractivity contribution is 7.84. The molecule has 0 aliphatic carbocycles. The SMILES string of the molecule is C/C(C[C@H](N[S@@](=O)C(C)(C)C)C(F)(F)F)=C1/C(=O)N(C(=O)OC(C)(C)C)c2ccccc21. The van der Waals surface area contributed by atoms with Crippen LogP contribution in [0.3, 0.4) is 0 Å². The van der Waals surface area contributed by atoms with Crippen LogP contribution in [0.15, 0.2) is 29.8 Å². The maximum Gasteiger partial charge on any atom is 0.422 e. The van der Waals surface area contributed by atoms with Gasteiger partial charge in [-0.05, 0) is 61.0 Å². The monoisotopic (exact) mass is 474 g/mol. The lowest BCUT2D eigenvalue weighted by Gasteiger charge is -2.26. The Labute approximate surface area is 188 Å². The molecule has 178 valence electrons. The molecule has 0 saturated heterocycles. The number of carbonyl (C=O) groups excluding carboxylic acids is 2. The molecule has 2 amide bonds. The molecule has 1 aromatic rings. The normalized spacial score (nSPS) is 18.3. The Balaban J connectivity index is 2.47. The number of hydrogen-bond acceptors (Lipinski definition) is 4. The summed E-state index contributed by atoms with van der Waals surface area (Å²) in [4.78, 5) is 26.7. The van der Waals surface area contributed by atoms with Crippen LogP contribution in [0, 0.1) is 0 Å². The van der Waals surface area contributed by atoms with Crippen LogP contribution < -0.4 is 9.62 Å². The van der Waals surface area contributed by atoms with E-state index in [9.17, 15) is 27.0 Å². The van der Waals surface area contributed by atoms with E-state index in [0.717, 1.165) is 4.90 Å². The van der Waals surface area contributed by atoms with Gasteiger partial charge in [0.2, 0.25) is 0 Å². The van der Waals surface area contributed by atoms with E-state index in [1.54, 1.807) is 59.7 Å². The average Bonchev–Trinajstić information content (AvgIpc) is 2.89. The lowest BCUT2D eigenvalue weighted by atomic mass is 9.97. The molecular formula is C22H29F3N2O4S. The quantitative estimate of drug-likeness (QED) is 0.615. The smallest absolute Gasteiger partial charge is 0.422 e. The van der Waals surface area contributed by atoms with E-state index in [0.29, 0.717) is 5.56 Å². The van der Waals surface area contributed by atoms with Crippen LogP contribution >= 0.6 is 0 Å². The number of fused-ring (bicyclic) bond motifs is 1. The third-order valence-corrected chi connectivity index (χ3v) is 6.16. The lowest BCUT2D eigenvalue weighted by molar-refractivity contribution is -0.150. The predicted octanol–water partition coefficient (Wildman–Crippen LogP) is 5.11. The third-order valence-electron chi connectivity index (χ3n) is 4.55. The van der Waals surface area contributed by atoms with E-state index in [4.69, 9.17) is 4.74 Å². The van der Waals surface area contributed by atoms with Crippen LogP contribution in [0.1, 0.15) is 60.5 Å². The number of para-hydroxylation sites is 1. The van der Waals surface area contributed by atoms with Gasteiger partial charge in [0, 0.05) is 11.1 Å². The average molecular weight is 475 g/mol. The largest absolute Gasteiger partial charge is 0.443 e. The second kappa shape index (κ2) is 8.97. The summed E-state index contributed by atoms with van der Waals surface area (Å²) in [6.45, 7) is 11.0. The van der Waals surface area contributed by atoms with Gasteiger partial charge in [0.1, 0.15) is 11.6 Å². The van der Waals surface area contributed by atoms with Gasteiger partial charge in [-0.15, -0.1) is 0 Å². The first-order valence-electron chi connectivity index (χ1n) is 10.0. The molecule has 0 aromatic heterocycles. The van der Waals surface area contributed by atoms with Crippen molar-refractivity contribution in [1.82, 2.24) is 4.72 Å². The molecular weight excluding hydrogens is 445 g/mol. The Hall–Kier alpha value is -2.20. The summed E-state index contributed by atoms with van der Waals surface area (Å²) in [5.74, 6) is -0.754. The van der Waals surface area contributed by atoms with Crippen molar-refractivity contribution < 1.29 is 31.7 Å². The Bertz CT molecular complexity index is 959. The van der Waals surface area contributed by atoms with Gasteiger partial charge in [-0.25, -0.2) is 18.6 Å². The topological polar surface area (TPSA) is 75.7 Å². The number of ether oxygens (including phenoxy) is 1. The number of benzene rings is 1. The van der Waals surface area contributed by atoms with Crippen molar-refractivity contribution in [2.75, 3.05) is 4.90 Å². The Morgan fingerprint density at radius 1 is 1.12 bits per heavy atom. The van der Waals surface area contributed by atoms with Crippen LogP contribution in [-0.2, 0) is 20.5 Å². The number of hydrogen-bond donors (Lipinski definition) is 1. The summed E-state index contributed by atoms with van der Waals surface area (Å²) in [6, 6.07) is 4.22. The fourth-order valence-corrected chi connectivity index (χ4v) is 3.89. The first-order chi connectivity index (χ1) is 14.4. The van der Waals surface area contributed by atoms with E-state index in [1.807, 2.05) is 0 Å². The first kappa shape index (κ1) is 26.1. The lowest BCUT2D eigenvalue weighted by Crippen LogP contribution is -2.47. The molecule has 1 heterocycles. The van der Waals surface area contributed by atoms with Crippen molar-refractivity contribution in [1.29, 1.82) is 0 Å². The van der Waals surface area contributed by atoms with Crippen LogP contribution in [0.5, 0.6) is 0 Å². The molecule has 2 atom stereocenters. The maximum atomic E-state index is 13.7. The van der Waals surface area contributed by atoms with Gasteiger partial charge in [-0.1, -0.05) is 23.8 Å². The highest BCUT2D eigenvalue weighted by Crippen LogP contribution is 2.40. The maximum absolute atomic E-state index is 13.7. The van der Waals surface area contributed by atoms with Crippen molar-refractivity contribution in [2.24, 2.45) is 0 Å². The van der Waals surface area contributed by atoms with Gasteiger partial charge >= 0.3 is 12.3 Å². The second-order valence-corrected chi connectivity index (χ2v) is 11.6. The zero-order valence-electron chi connectivity index (χ0n) is 19.2. The molecule has 0 unspecified atom stereocenters. The minimum absolute atomic E-state index is 0.00375. The molecule has 0 bridgehead atoms. The van der Waals surface area contributed by atoms with Gasteiger partial charge in [-0.3, -0.25) is 4.79 Å². The van der Waals surface area contributed by atoms with Crippen molar-refractivity contribution in [3.05, 3.63) is 35.4 Å². The molecule has 0 saturated carbocycles. The number of nitrogens with one attached hydrogen (secondary N) is 1. The molecule has 1 N–H and O–H groups in total. The van der Waals surface area contributed by atoms with E-state index >= 15 is 0 Å². The van der Waals surface area contributed by atoms with Crippen LogP contribution in [0.4, 0.5) is 23.7 Å². The molecule has 32 heavy (non-hydrogen) atoms. The van der Waals surface area contributed by atoms with Crippen molar-refractivity contribution in [2.45, 2.75) is 77.5 Å². The van der Waals surface area contributed by atoms with Crippen molar-refractivity contribution in [3.63, 3.8) is 0 Å². The molecule has 0 fully saturated rings. The zero-order chi connectivity index (χ0) is 24.6. The van der Waals surface area contributed by atoms with Gasteiger partial charge in [0.05, 0.1) is 21.4 Å². The number of imide groups is 1. The van der Waals surface area contributed by atoms with E-state index in [2.05, 4.69) is 4.72 Å². The van der Waals surface area contributed by atoms with Crippen LogP contribution in [0.25, 0.3) is 5.57 Å². The highest BCUT2D eigenvalue weighted by Gasteiger charge is 2.44. The van der Waals surface area contributed by atoms with Gasteiger partial charge < -0.3 is 4.74 Å². The molecule has 6 nitrogen and oxygen atoms in total. The van der Waals surface area contributed by atoms with E-state index < -0.39 is 52.0 Å². The predicted molar refractivity (Wildman–Crippen MR) is 118 cm³/mol. The summed E-state index contributed by atoms with van der Waals surface area (Å²) in [6.07, 6.45) is -6.21. The number of alkyl halides is 3. The number of halogens is 3. The zero-order valence-corrected chi connectivity index (χ0v) is 20.0. The summed E-state index contributed by atoms with van der Waals surface area (Å²) in [5.41, 5.74) is -0.149. The number of nitrogens with zero attached hydrogens (tertiary/aromatic N) is 1. The Morgan fingerprint density at radius 2 is 1.69 bits per heavy atom. The molecule has 10 heteroatoms.